The Kier molecular flexibility index (Phi) is 4.02. The Labute approximate surface area is 151 Å². The molecule has 27 heavy (non-hydrogen) atoms. The molecule has 1 saturated carbocycles. The van der Waals surface area contributed by atoms with E-state index in [1.165, 1.54) is 36.4 Å². The zero-order valence-corrected chi connectivity index (χ0v) is 13.8. The number of hydrogen-bond acceptors (Lipinski definition) is 5. The number of rotatable bonds is 5. The third kappa shape index (κ3) is 3.21. The quantitative estimate of drug-likeness (QED) is 0.543. The first-order chi connectivity index (χ1) is 12.9. The van der Waals surface area contributed by atoms with Gasteiger partial charge < -0.3 is 5.32 Å². The molecule has 3 aromatic rings. The number of nitro groups is 1. The Bertz CT molecular complexity index is 1060. The monoisotopic (exact) mass is 373 g/mol. The largest absolute Gasteiger partial charge is 0.315 e. The lowest BCUT2D eigenvalue weighted by Gasteiger charge is -2.06. The van der Waals surface area contributed by atoms with Gasteiger partial charge in [0.25, 0.3) is 18.0 Å². The minimum absolute atomic E-state index is 0.00901. The number of halogens is 2. The van der Waals surface area contributed by atoms with E-state index in [4.69, 9.17) is 0 Å². The van der Waals surface area contributed by atoms with E-state index < -0.39 is 17.3 Å². The number of anilines is 1. The van der Waals surface area contributed by atoms with E-state index >= 15 is 0 Å². The van der Waals surface area contributed by atoms with Crippen LogP contribution in [0.5, 0.6) is 0 Å². The van der Waals surface area contributed by atoms with Crippen LogP contribution in [0.4, 0.5) is 20.2 Å². The van der Waals surface area contributed by atoms with Gasteiger partial charge in [-0.25, -0.2) is 18.3 Å². The topological polar surface area (TPSA) is 102 Å². The van der Waals surface area contributed by atoms with Crippen LogP contribution < -0.4 is 5.32 Å². The first-order valence-corrected chi connectivity index (χ1v) is 8.17. The molecule has 1 amide bonds. The van der Waals surface area contributed by atoms with E-state index in [1.807, 2.05) is 0 Å². The molecule has 0 spiro atoms. The number of para-hydroxylation sites is 2. The molecule has 1 aliphatic carbocycles. The fourth-order valence-corrected chi connectivity index (χ4v) is 2.80. The fourth-order valence-electron chi connectivity index (χ4n) is 2.80. The highest BCUT2D eigenvalue weighted by Crippen LogP contribution is 2.40. The molecular weight excluding hydrogens is 360 g/mol. The second-order valence-corrected chi connectivity index (χ2v) is 6.21. The van der Waals surface area contributed by atoms with Crippen molar-refractivity contribution in [3.8, 4) is 0 Å². The molecule has 2 aromatic heterocycles. The van der Waals surface area contributed by atoms with Crippen molar-refractivity contribution < 1.29 is 18.5 Å². The molecule has 0 atom stereocenters. The van der Waals surface area contributed by atoms with Crippen LogP contribution in [-0.4, -0.2) is 25.4 Å². The summed E-state index contributed by atoms with van der Waals surface area (Å²) in [5.41, 5.74) is -0.0878. The first-order valence-electron chi connectivity index (χ1n) is 8.17. The molecule has 1 fully saturated rings. The van der Waals surface area contributed by atoms with Crippen molar-refractivity contribution >= 4 is 22.9 Å². The molecule has 0 saturated heterocycles. The molecule has 0 radical (unpaired) electrons. The number of nitro benzene ring substituents is 1. The maximum atomic E-state index is 13.4. The zero-order valence-electron chi connectivity index (χ0n) is 13.8. The predicted molar refractivity (Wildman–Crippen MR) is 91.0 cm³/mol. The number of hydrogen-bond donors (Lipinski definition) is 1. The van der Waals surface area contributed by atoms with Gasteiger partial charge in [-0.05, 0) is 25.0 Å². The number of carbonyl (C=O) groups excluding carboxylic acids is 1. The second-order valence-electron chi connectivity index (χ2n) is 6.21. The van der Waals surface area contributed by atoms with Gasteiger partial charge in [0, 0.05) is 23.7 Å². The minimum Gasteiger partial charge on any atom is -0.315 e. The van der Waals surface area contributed by atoms with E-state index in [0.717, 1.165) is 17.4 Å². The molecule has 1 N–H and O–H groups in total. The number of fused-ring (bicyclic) bond motifs is 1. The number of aromatic nitrogens is 3. The van der Waals surface area contributed by atoms with Crippen LogP contribution in [0.2, 0.25) is 0 Å². The molecule has 0 unspecified atom stereocenters. The Morgan fingerprint density at radius 2 is 2.04 bits per heavy atom. The van der Waals surface area contributed by atoms with E-state index in [1.54, 1.807) is 0 Å². The summed E-state index contributed by atoms with van der Waals surface area (Å²) in [6.07, 6.45) is -0.991. The lowest BCUT2D eigenvalue weighted by atomic mass is 10.2. The van der Waals surface area contributed by atoms with Crippen LogP contribution in [0, 0.1) is 10.1 Å². The number of alkyl halides is 2. The SMILES string of the molecule is O=C(Nc1ccccc1[N+](=O)[O-])c1cc2nc(C3CC3)cc(C(F)F)n2n1. The van der Waals surface area contributed by atoms with Gasteiger partial charge in [-0.1, -0.05) is 12.1 Å². The van der Waals surface area contributed by atoms with Crippen molar-refractivity contribution in [2.24, 2.45) is 0 Å². The molecule has 0 bridgehead atoms. The van der Waals surface area contributed by atoms with Crippen LogP contribution in [-0.2, 0) is 0 Å². The van der Waals surface area contributed by atoms with Crippen molar-refractivity contribution in [3.63, 3.8) is 0 Å². The highest BCUT2D eigenvalue weighted by molar-refractivity contribution is 6.04. The number of nitrogens with one attached hydrogen (secondary N) is 1. The fraction of sp³-hybridized carbons (Fsp3) is 0.235. The summed E-state index contributed by atoms with van der Waals surface area (Å²) in [5.74, 6) is -0.588. The maximum absolute atomic E-state index is 13.4. The minimum atomic E-state index is -2.78. The molecule has 10 heteroatoms. The van der Waals surface area contributed by atoms with Crippen molar-refractivity contribution in [2.45, 2.75) is 25.2 Å². The van der Waals surface area contributed by atoms with Gasteiger partial charge in [-0.2, -0.15) is 5.10 Å². The van der Waals surface area contributed by atoms with Gasteiger partial charge in [0.05, 0.1) is 4.92 Å². The summed E-state index contributed by atoms with van der Waals surface area (Å²) >= 11 is 0. The zero-order chi connectivity index (χ0) is 19.1. The predicted octanol–water partition coefficient (Wildman–Crippen LogP) is 3.70. The van der Waals surface area contributed by atoms with E-state index in [9.17, 15) is 23.7 Å². The second kappa shape index (κ2) is 6.38. The van der Waals surface area contributed by atoms with Crippen LogP contribution >= 0.6 is 0 Å². The van der Waals surface area contributed by atoms with Crippen LogP contribution in [0.3, 0.4) is 0 Å². The van der Waals surface area contributed by atoms with E-state index in [2.05, 4.69) is 15.4 Å². The average Bonchev–Trinajstić information content (AvgIpc) is 3.39. The Morgan fingerprint density at radius 3 is 2.70 bits per heavy atom. The molecule has 1 aromatic carbocycles. The number of benzene rings is 1. The molecule has 0 aliphatic heterocycles. The first kappa shape index (κ1) is 17.0. The molecule has 4 rings (SSSR count). The van der Waals surface area contributed by atoms with Crippen molar-refractivity contribution in [2.75, 3.05) is 5.32 Å². The normalized spacial score (nSPS) is 13.9. The third-order valence-corrected chi connectivity index (χ3v) is 4.28. The van der Waals surface area contributed by atoms with Crippen molar-refractivity contribution in [3.05, 3.63) is 63.6 Å². The van der Waals surface area contributed by atoms with Crippen LogP contribution in [0.15, 0.2) is 36.4 Å². The van der Waals surface area contributed by atoms with Crippen LogP contribution in [0.1, 0.15) is 47.1 Å². The summed E-state index contributed by atoms with van der Waals surface area (Å²) in [7, 11) is 0. The third-order valence-electron chi connectivity index (χ3n) is 4.28. The van der Waals surface area contributed by atoms with Crippen molar-refractivity contribution in [1.82, 2.24) is 14.6 Å². The Hall–Kier alpha value is -3.43. The molecule has 8 nitrogen and oxygen atoms in total. The van der Waals surface area contributed by atoms with Gasteiger partial charge in [-0.3, -0.25) is 14.9 Å². The summed E-state index contributed by atoms with van der Waals surface area (Å²) in [6.45, 7) is 0. The number of carbonyl (C=O) groups is 1. The lowest BCUT2D eigenvalue weighted by molar-refractivity contribution is -0.383. The van der Waals surface area contributed by atoms with E-state index in [-0.39, 0.29) is 34.3 Å². The lowest BCUT2D eigenvalue weighted by Crippen LogP contribution is -2.14. The standard InChI is InChI=1S/C17H13F2N5O3/c18-16(19)14-7-11(9-5-6-9)20-15-8-12(22-23(14)15)17(25)21-10-3-1-2-4-13(10)24(26)27/h1-4,7-9,16H,5-6H2,(H,21,25). The van der Waals surface area contributed by atoms with E-state index in [0.29, 0.717) is 5.69 Å². The maximum Gasteiger partial charge on any atom is 0.292 e. The van der Waals surface area contributed by atoms with Gasteiger partial charge >= 0.3 is 0 Å². The van der Waals surface area contributed by atoms with Gasteiger partial charge in [-0.15, -0.1) is 0 Å². The number of amides is 1. The summed E-state index contributed by atoms with van der Waals surface area (Å²) in [6, 6.07) is 8.23. The Morgan fingerprint density at radius 1 is 1.30 bits per heavy atom. The van der Waals surface area contributed by atoms with Gasteiger partial charge in [0.1, 0.15) is 11.4 Å². The Balaban J connectivity index is 1.71. The molecule has 1 aliphatic rings. The molecule has 138 valence electrons. The van der Waals surface area contributed by atoms with Gasteiger partial charge in [0.2, 0.25) is 0 Å². The highest BCUT2D eigenvalue weighted by atomic mass is 19.3. The van der Waals surface area contributed by atoms with Crippen molar-refractivity contribution in [1.29, 1.82) is 0 Å². The molecule has 2 heterocycles. The van der Waals surface area contributed by atoms with Crippen LogP contribution in [0.25, 0.3) is 5.65 Å². The van der Waals surface area contributed by atoms with Gasteiger partial charge in [0.15, 0.2) is 11.3 Å². The summed E-state index contributed by atoms with van der Waals surface area (Å²) < 4.78 is 27.7. The smallest absolute Gasteiger partial charge is 0.292 e. The number of nitrogens with zero attached hydrogens (tertiary/aromatic N) is 4. The molecular formula is C17H13F2N5O3. The average molecular weight is 373 g/mol. The summed E-state index contributed by atoms with van der Waals surface area (Å²) in [4.78, 5) is 27.2. The summed E-state index contributed by atoms with van der Waals surface area (Å²) in [5, 5.41) is 17.4. The highest BCUT2D eigenvalue weighted by Gasteiger charge is 2.28.